The quantitative estimate of drug-likeness (QED) is 0.414. The third-order valence-corrected chi connectivity index (χ3v) is 5.06. The standard InChI is InChI=1S/C16H26N2O2.C10H12O2/c1-5-7-14-8-10-15(11-9-14)16(19)17(6-2)12-13-18(3,4)20;1-2-3-8-4-6-9(7-5-8)10(11)12/h8-11H,5-7,12-13H2,1-4H3;4-7H,2-3H2,1H3,(H,11,12). The average molecular weight is 443 g/mol. The summed E-state index contributed by atoms with van der Waals surface area (Å²) >= 11 is 0. The van der Waals surface area contributed by atoms with Crippen LogP contribution >= 0.6 is 0 Å². The predicted octanol–water partition coefficient (Wildman–Crippen LogP) is 5.01. The largest absolute Gasteiger partial charge is 0.633 e. The van der Waals surface area contributed by atoms with Crippen LogP contribution in [-0.2, 0) is 12.8 Å². The minimum Gasteiger partial charge on any atom is -0.633 e. The normalized spacial score (nSPS) is 10.8. The van der Waals surface area contributed by atoms with E-state index in [1.807, 2.05) is 43.3 Å². The fourth-order valence-electron chi connectivity index (χ4n) is 3.15. The SMILES string of the molecule is CCCc1ccc(C(=O)N(CC)CC[N+](C)(C)[O-])cc1.CCCc1ccc(C(=O)O)cc1. The topological polar surface area (TPSA) is 80.7 Å². The van der Waals surface area contributed by atoms with Gasteiger partial charge < -0.3 is 19.9 Å². The van der Waals surface area contributed by atoms with Crippen LogP contribution in [0.5, 0.6) is 0 Å². The van der Waals surface area contributed by atoms with Crippen molar-refractivity contribution in [1.82, 2.24) is 4.90 Å². The Morgan fingerprint density at radius 1 is 0.844 bits per heavy atom. The number of carbonyl (C=O) groups is 2. The number of carboxylic acids is 1. The molecule has 1 amide bonds. The highest BCUT2D eigenvalue weighted by atomic mass is 16.5. The number of rotatable bonds is 10. The zero-order chi connectivity index (χ0) is 24.1. The summed E-state index contributed by atoms with van der Waals surface area (Å²) in [6.07, 6.45) is 4.24. The van der Waals surface area contributed by atoms with E-state index in [4.69, 9.17) is 5.11 Å². The van der Waals surface area contributed by atoms with Crippen LogP contribution in [0, 0.1) is 5.21 Å². The number of likely N-dealkylation sites (N-methyl/N-ethyl adjacent to an activating group) is 2. The second-order valence-electron chi connectivity index (χ2n) is 8.38. The van der Waals surface area contributed by atoms with Crippen molar-refractivity contribution in [3.8, 4) is 0 Å². The van der Waals surface area contributed by atoms with Crippen molar-refractivity contribution in [2.75, 3.05) is 33.7 Å². The first kappa shape index (κ1) is 27.3. The van der Waals surface area contributed by atoms with Gasteiger partial charge in [0.15, 0.2) is 0 Å². The van der Waals surface area contributed by atoms with Crippen LogP contribution in [-0.4, -0.2) is 60.3 Å². The van der Waals surface area contributed by atoms with Gasteiger partial charge in [-0.2, -0.15) is 0 Å². The fourth-order valence-corrected chi connectivity index (χ4v) is 3.15. The summed E-state index contributed by atoms with van der Waals surface area (Å²) in [6.45, 7) is 7.70. The zero-order valence-corrected chi connectivity index (χ0v) is 20.1. The van der Waals surface area contributed by atoms with Gasteiger partial charge in [-0.05, 0) is 55.2 Å². The Bertz CT molecular complexity index is 824. The van der Waals surface area contributed by atoms with Gasteiger partial charge >= 0.3 is 5.97 Å². The second-order valence-corrected chi connectivity index (χ2v) is 8.38. The minimum absolute atomic E-state index is 0.00370. The molecule has 0 radical (unpaired) electrons. The molecule has 6 nitrogen and oxygen atoms in total. The van der Waals surface area contributed by atoms with E-state index in [9.17, 15) is 14.8 Å². The molecule has 0 bridgehead atoms. The molecule has 6 heteroatoms. The van der Waals surface area contributed by atoms with Crippen LogP contribution < -0.4 is 0 Å². The van der Waals surface area contributed by atoms with E-state index < -0.39 is 5.97 Å². The van der Waals surface area contributed by atoms with Gasteiger partial charge in [-0.3, -0.25) is 4.79 Å². The first-order valence-corrected chi connectivity index (χ1v) is 11.4. The van der Waals surface area contributed by atoms with Crippen molar-refractivity contribution >= 4 is 11.9 Å². The first-order valence-electron chi connectivity index (χ1n) is 11.4. The number of amides is 1. The average Bonchev–Trinajstić information content (AvgIpc) is 2.75. The molecule has 0 aliphatic heterocycles. The monoisotopic (exact) mass is 442 g/mol. The van der Waals surface area contributed by atoms with Crippen molar-refractivity contribution < 1.29 is 19.3 Å². The van der Waals surface area contributed by atoms with Crippen molar-refractivity contribution in [3.63, 3.8) is 0 Å². The molecule has 0 spiro atoms. The molecule has 0 atom stereocenters. The van der Waals surface area contributed by atoms with E-state index in [1.165, 1.54) is 11.1 Å². The Balaban J connectivity index is 0.000000363. The highest BCUT2D eigenvalue weighted by Crippen LogP contribution is 2.10. The molecule has 2 aromatic rings. The molecule has 2 rings (SSSR count). The lowest BCUT2D eigenvalue weighted by Crippen LogP contribution is -2.42. The van der Waals surface area contributed by atoms with E-state index >= 15 is 0 Å². The Kier molecular flexibility index (Phi) is 11.7. The number of quaternary nitrogens is 1. The number of benzene rings is 2. The molecule has 0 fully saturated rings. The van der Waals surface area contributed by atoms with E-state index in [1.54, 1.807) is 31.1 Å². The summed E-state index contributed by atoms with van der Waals surface area (Å²) in [4.78, 5) is 24.6. The van der Waals surface area contributed by atoms with Crippen molar-refractivity contribution in [2.24, 2.45) is 0 Å². The smallest absolute Gasteiger partial charge is 0.335 e. The Morgan fingerprint density at radius 2 is 1.28 bits per heavy atom. The number of aromatic carboxylic acids is 1. The lowest BCUT2D eigenvalue weighted by atomic mass is 10.1. The molecule has 1 N–H and O–H groups in total. The maximum absolute atomic E-state index is 12.4. The predicted molar refractivity (Wildman–Crippen MR) is 130 cm³/mol. The molecule has 0 aliphatic rings. The highest BCUT2D eigenvalue weighted by molar-refractivity contribution is 5.94. The van der Waals surface area contributed by atoms with Gasteiger partial charge in [0.1, 0.15) is 0 Å². The third kappa shape index (κ3) is 10.1. The minimum atomic E-state index is -0.863. The number of aryl methyl sites for hydroxylation is 2. The molecular formula is C26H38N2O4. The molecule has 2 aromatic carbocycles. The lowest BCUT2D eigenvalue weighted by molar-refractivity contribution is -0.839. The molecule has 0 heterocycles. The molecule has 0 saturated carbocycles. The maximum Gasteiger partial charge on any atom is 0.335 e. The second kappa shape index (κ2) is 13.7. The maximum atomic E-state index is 12.4. The molecule has 32 heavy (non-hydrogen) atoms. The van der Waals surface area contributed by atoms with Crippen LogP contribution in [0.3, 0.4) is 0 Å². The van der Waals surface area contributed by atoms with Crippen LogP contribution in [0.2, 0.25) is 0 Å². The summed E-state index contributed by atoms with van der Waals surface area (Å²) in [5.74, 6) is -0.859. The summed E-state index contributed by atoms with van der Waals surface area (Å²) in [5, 5.41) is 20.2. The number of hydrogen-bond acceptors (Lipinski definition) is 3. The van der Waals surface area contributed by atoms with Gasteiger partial charge in [0.05, 0.1) is 32.7 Å². The number of nitrogens with zero attached hydrogens (tertiary/aromatic N) is 2. The fraction of sp³-hybridized carbons (Fsp3) is 0.462. The molecule has 0 unspecified atom stereocenters. The van der Waals surface area contributed by atoms with E-state index in [0.29, 0.717) is 30.8 Å². The highest BCUT2D eigenvalue weighted by Gasteiger charge is 2.16. The molecule has 0 aliphatic carbocycles. The van der Waals surface area contributed by atoms with Crippen LogP contribution in [0.15, 0.2) is 48.5 Å². The number of hydroxylamine groups is 3. The van der Waals surface area contributed by atoms with E-state index in [0.717, 1.165) is 25.7 Å². The zero-order valence-electron chi connectivity index (χ0n) is 20.1. The van der Waals surface area contributed by atoms with Gasteiger partial charge in [0.25, 0.3) is 5.91 Å². The van der Waals surface area contributed by atoms with Gasteiger partial charge in [-0.1, -0.05) is 51.0 Å². The van der Waals surface area contributed by atoms with Crippen LogP contribution in [0.4, 0.5) is 0 Å². The summed E-state index contributed by atoms with van der Waals surface area (Å²) < 4.78 is -0.376. The molecule has 176 valence electrons. The van der Waals surface area contributed by atoms with Gasteiger partial charge in [0.2, 0.25) is 0 Å². The van der Waals surface area contributed by atoms with Gasteiger partial charge in [-0.25, -0.2) is 4.79 Å². The number of carboxylic acid groups (broad SMARTS) is 1. The Labute approximate surface area is 192 Å². The summed E-state index contributed by atoms with van der Waals surface area (Å²) in [7, 11) is 3.19. The van der Waals surface area contributed by atoms with E-state index in [-0.39, 0.29) is 10.6 Å². The van der Waals surface area contributed by atoms with Crippen molar-refractivity contribution in [1.29, 1.82) is 0 Å². The van der Waals surface area contributed by atoms with E-state index in [2.05, 4.69) is 13.8 Å². The summed E-state index contributed by atoms with van der Waals surface area (Å²) in [5.41, 5.74) is 3.50. The molecule has 0 saturated heterocycles. The van der Waals surface area contributed by atoms with Crippen LogP contribution in [0.25, 0.3) is 0 Å². The third-order valence-electron chi connectivity index (χ3n) is 5.06. The van der Waals surface area contributed by atoms with Crippen molar-refractivity contribution in [3.05, 3.63) is 76.0 Å². The summed E-state index contributed by atoms with van der Waals surface area (Å²) in [6, 6.07) is 14.8. The van der Waals surface area contributed by atoms with Gasteiger partial charge in [-0.15, -0.1) is 0 Å². The number of hydrogen-bond donors (Lipinski definition) is 1. The first-order chi connectivity index (χ1) is 15.1. The van der Waals surface area contributed by atoms with Gasteiger partial charge in [0, 0.05) is 12.1 Å². The Hall–Kier alpha value is -2.70. The lowest BCUT2D eigenvalue weighted by Gasteiger charge is -2.35. The molecular weight excluding hydrogens is 404 g/mol. The van der Waals surface area contributed by atoms with Crippen molar-refractivity contribution in [2.45, 2.75) is 46.5 Å². The molecule has 0 aromatic heterocycles. The number of carbonyl (C=O) groups excluding carboxylic acids is 1. The van der Waals surface area contributed by atoms with Crippen LogP contribution in [0.1, 0.15) is 65.5 Å². The Morgan fingerprint density at radius 3 is 1.62 bits per heavy atom.